The van der Waals surface area contributed by atoms with Gasteiger partial charge in [-0.2, -0.15) is 0 Å². The maximum Gasteiger partial charge on any atom is 0.339 e. The molecule has 0 unspecified atom stereocenters. The van der Waals surface area contributed by atoms with Crippen molar-refractivity contribution >= 4 is 5.97 Å². The van der Waals surface area contributed by atoms with Crippen LogP contribution in [-0.4, -0.2) is 25.2 Å². The summed E-state index contributed by atoms with van der Waals surface area (Å²) in [6.45, 7) is 0.204. The Hall–Kier alpha value is -4.90. The Labute approximate surface area is 241 Å². The fourth-order valence-electron chi connectivity index (χ4n) is 5.07. The van der Waals surface area contributed by atoms with Crippen LogP contribution in [0.3, 0.4) is 0 Å². The maximum absolute atomic E-state index is 13.3. The number of carbonyl (C=O) groups is 1. The zero-order valence-corrected chi connectivity index (χ0v) is 23.4. The highest BCUT2D eigenvalue weighted by Gasteiger charge is 2.20. The van der Waals surface area contributed by atoms with Crippen LogP contribution in [-0.2, 0) is 24.2 Å². The van der Waals surface area contributed by atoms with E-state index < -0.39 is 0 Å². The van der Waals surface area contributed by atoms with Crippen LogP contribution in [0.5, 0.6) is 11.5 Å². The first-order valence-electron chi connectivity index (χ1n) is 13.7. The third kappa shape index (κ3) is 6.64. The third-order valence-electron chi connectivity index (χ3n) is 7.13. The van der Waals surface area contributed by atoms with E-state index in [-0.39, 0.29) is 12.6 Å². The summed E-state index contributed by atoms with van der Waals surface area (Å²) in [5, 5.41) is 0. The Kier molecular flexibility index (Phi) is 9.07. The maximum atomic E-state index is 13.3. The summed E-state index contributed by atoms with van der Waals surface area (Å²) in [5.41, 5.74) is 7.27. The molecule has 5 heteroatoms. The molecular formula is C36H33NO4. The van der Waals surface area contributed by atoms with Gasteiger partial charge < -0.3 is 14.2 Å². The van der Waals surface area contributed by atoms with Crippen molar-refractivity contribution in [1.29, 1.82) is 0 Å². The summed E-state index contributed by atoms with van der Waals surface area (Å²) in [7, 11) is 3.38. The number of hydrogen-bond donors (Lipinski definition) is 0. The van der Waals surface area contributed by atoms with Gasteiger partial charge in [0, 0.05) is 23.5 Å². The van der Waals surface area contributed by atoms with E-state index in [1.54, 1.807) is 26.6 Å². The van der Waals surface area contributed by atoms with E-state index in [1.165, 1.54) is 5.56 Å². The lowest BCUT2D eigenvalue weighted by Gasteiger charge is -2.18. The standard InChI is InChI=1S/C36H33NO4/c1-39-34-19-18-30(35(40-2)32(34)15-9-14-26-10-5-3-6-11-26)29-16-17-31(33(24-29)28-20-22-37-23-21-28)36(38)41-25-27-12-7-4-8-13-27/h3-8,10-13,16-24H,9,14-15,25H2,1-2H3. The number of aryl methyl sites for hydroxylation is 1. The van der Waals surface area contributed by atoms with E-state index >= 15 is 0 Å². The van der Waals surface area contributed by atoms with Crippen LogP contribution < -0.4 is 9.47 Å². The van der Waals surface area contributed by atoms with Crippen LogP contribution in [0.15, 0.2) is 116 Å². The average Bonchev–Trinajstić information content (AvgIpc) is 3.04. The second-order valence-electron chi connectivity index (χ2n) is 9.72. The molecule has 5 aromatic rings. The zero-order valence-electron chi connectivity index (χ0n) is 23.4. The Balaban J connectivity index is 1.49. The Bertz CT molecular complexity index is 1590. The molecule has 41 heavy (non-hydrogen) atoms. The van der Waals surface area contributed by atoms with Crippen molar-refractivity contribution in [2.75, 3.05) is 14.2 Å². The number of hydrogen-bond acceptors (Lipinski definition) is 5. The molecule has 0 aliphatic heterocycles. The molecule has 4 aromatic carbocycles. The Morgan fingerprint density at radius 2 is 1.39 bits per heavy atom. The second-order valence-corrected chi connectivity index (χ2v) is 9.72. The smallest absolute Gasteiger partial charge is 0.339 e. The second kappa shape index (κ2) is 13.4. The Morgan fingerprint density at radius 1 is 0.683 bits per heavy atom. The molecule has 1 aromatic heterocycles. The number of ether oxygens (including phenoxy) is 3. The van der Waals surface area contributed by atoms with Gasteiger partial charge in [-0.15, -0.1) is 0 Å². The van der Waals surface area contributed by atoms with Crippen LogP contribution >= 0.6 is 0 Å². The molecule has 5 rings (SSSR count). The molecule has 0 atom stereocenters. The number of nitrogens with zero attached hydrogens (tertiary/aromatic N) is 1. The number of pyridine rings is 1. The van der Waals surface area contributed by atoms with E-state index in [9.17, 15) is 4.79 Å². The lowest BCUT2D eigenvalue weighted by atomic mass is 9.92. The van der Waals surface area contributed by atoms with Crippen LogP contribution in [0.4, 0.5) is 0 Å². The molecule has 0 fully saturated rings. The van der Waals surface area contributed by atoms with Gasteiger partial charge in [-0.25, -0.2) is 4.79 Å². The number of carbonyl (C=O) groups excluding carboxylic acids is 1. The van der Waals surface area contributed by atoms with Crippen molar-refractivity contribution in [3.63, 3.8) is 0 Å². The predicted octanol–water partition coefficient (Wildman–Crippen LogP) is 7.97. The molecule has 0 amide bonds. The van der Waals surface area contributed by atoms with Crippen molar-refractivity contribution in [1.82, 2.24) is 4.98 Å². The minimum atomic E-state index is -0.379. The first-order valence-corrected chi connectivity index (χ1v) is 13.7. The first-order chi connectivity index (χ1) is 20.2. The highest BCUT2D eigenvalue weighted by atomic mass is 16.5. The average molecular weight is 544 g/mol. The van der Waals surface area contributed by atoms with E-state index in [1.807, 2.05) is 78.9 Å². The van der Waals surface area contributed by atoms with Gasteiger partial charge >= 0.3 is 5.97 Å². The first kappa shape index (κ1) is 27.7. The minimum Gasteiger partial charge on any atom is -0.496 e. The van der Waals surface area contributed by atoms with E-state index in [0.717, 1.165) is 64.1 Å². The van der Waals surface area contributed by atoms with Crippen molar-refractivity contribution < 1.29 is 19.0 Å². The summed E-state index contributed by atoms with van der Waals surface area (Å²) < 4.78 is 17.4. The van der Waals surface area contributed by atoms with Gasteiger partial charge in [0.1, 0.15) is 18.1 Å². The van der Waals surface area contributed by atoms with Gasteiger partial charge in [-0.05, 0) is 83.5 Å². The van der Waals surface area contributed by atoms with E-state index in [4.69, 9.17) is 14.2 Å². The van der Waals surface area contributed by atoms with E-state index in [2.05, 4.69) is 29.2 Å². The molecule has 0 bridgehead atoms. The quantitative estimate of drug-likeness (QED) is 0.158. The van der Waals surface area contributed by atoms with Crippen molar-refractivity contribution in [2.45, 2.75) is 25.9 Å². The van der Waals surface area contributed by atoms with Crippen LogP contribution in [0, 0.1) is 0 Å². The van der Waals surface area contributed by atoms with Gasteiger partial charge in [0.25, 0.3) is 0 Å². The normalized spacial score (nSPS) is 10.7. The van der Waals surface area contributed by atoms with Gasteiger partial charge in [-0.3, -0.25) is 4.98 Å². The lowest BCUT2D eigenvalue weighted by Crippen LogP contribution is -2.07. The molecule has 0 N–H and O–H groups in total. The number of benzene rings is 4. The third-order valence-corrected chi connectivity index (χ3v) is 7.13. The van der Waals surface area contributed by atoms with Crippen LogP contribution in [0.25, 0.3) is 22.3 Å². The number of methoxy groups -OCH3 is 2. The molecule has 0 aliphatic rings. The number of rotatable bonds is 11. The molecule has 5 nitrogen and oxygen atoms in total. The summed E-state index contributed by atoms with van der Waals surface area (Å²) >= 11 is 0. The molecule has 0 saturated heterocycles. The molecule has 0 spiro atoms. The summed E-state index contributed by atoms with van der Waals surface area (Å²) in [4.78, 5) is 17.4. The monoisotopic (exact) mass is 543 g/mol. The van der Waals surface area contributed by atoms with Gasteiger partial charge in [-0.1, -0.05) is 66.7 Å². The molecule has 0 aliphatic carbocycles. The Morgan fingerprint density at radius 3 is 2.07 bits per heavy atom. The lowest BCUT2D eigenvalue weighted by molar-refractivity contribution is 0.0473. The number of esters is 1. The molecule has 206 valence electrons. The van der Waals surface area contributed by atoms with Gasteiger partial charge in [0.05, 0.1) is 19.8 Å². The summed E-state index contributed by atoms with van der Waals surface area (Å²) in [6.07, 6.45) is 6.16. The fourth-order valence-corrected chi connectivity index (χ4v) is 5.07. The summed E-state index contributed by atoms with van der Waals surface area (Å²) in [6, 6.07) is 33.7. The van der Waals surface area contributed by atoms with E-state index in [0.29, 0.717) is 5.56 Å². The largest absolute Gasteiger partial charge is 0.496 e. The van der Waals surface area contributed by atoms with Gasteiger partial charge in [0.2, 0.25) is 0 Å². The van der Waals surface area contributed by atoms with Gasteiger partial charge in [0.15, 0.2) is 0 Å². The minimum absolute atomic E-state index is 0.204. The zero-order chi connectivity index (χ0) is 28.4. The van der Waals surface area contributed by atoms with Crippen molar-refractivity contribution in [3.8, 4) is 33.8 Å². The number of aromatic nitrogens is 1. The predicted molar refractivity (Wildman–Crippen MR) is 162 cm³/mol. The van der Waals surface area contributed by atoms with Crippen molar-refractivity contribution in [2.24, 2.45) is 0 Å². The fraction of sp³-hybridized carbons (Fsp3) is 0.167. The highest BCUT2D eigenvalue weighted by molar-refractivity contribution is 5.98. The highest BCUT2D eigenvalue weighted by Crippen LogP contribution is 2.41. The molecule has 0 radical (unpaired) electrons. The summed E-state index contributed by atoms with van der Waals surface area (Å²) in [5.74, 6) is 1.20. The van der Waals surface area contributed by atoms with Crippen molar-refractivity contribution in [3.05, 3.63) is 138 Å². The molecule has 1 heterocycles. The van der Waals surface area contributed by atoms with Crippen LogP contribution in [0.2, 0.25) is 0 Å². The molecular weight excluding hydrogens is 510 g/mol. The molecule has 0 saturated carbocycles. The SMILES string of the molecule is COc1ccc(-c2ccc(C(=O)OCc3ccccc3)c(-c3ccncc3)c2)c(OC)c1CCCc1ccccc1. The van der Waals surface area contributed by atoms with Crippen LogP contribution in [0.1, 0.15) is 33.5 Å². The topological polar surface area (TPSA) is 57.7 Å².